The molecule has 0 atom stereocenters. The zero-order valence-corrected chi connectivity index (χ0v) is 10.8. The lowest BCUT2D eigenvalue weighted by Crippen LogP contribution is -2.42. The first kappa shape index (κ1) is 13.3. The average molecular weight is 278 g/mol. The lowest BCUT2D eigenvalue weighted by atomic mass is 10.3. The van der Waals surface area contributed by atoms with E-state index in [1.54, 1.807) is 48.5 Å². The summed E-state index contributed by atoms with van der Waals surface area (Å²) >= 11 is 0. The first-order chi connectivity index (χ1) is 9.16. The largest absolute Gasteiger partial charge is 0.310 e. The van der Waals surface area contributed by atoms with Gasteiger partial charge in [0.15, 0.2) is 0 Å². The van der Waals surface area contributed by atoms with Crippen molar-refractivity contribution in [2.45, 2.75) is 0 Å². The number of benzene rings is 2. The Balaban J connectivity index is 1.86. The molecule has 0 bridgehead atoms. The second-order valence-corrected chi connectivity index (χ2v) is 5.10. The summed E-state index contributed by atoms with van der Waals surface area (Å²) in [6.07, 6.45) is 0. The topological polar surface area (TPSA) is 82.3 Å². The Morgan fingerprint density at radius 2 is 1.00 bits per heavy atom. The van der Waals surface area contributed by atoms with Crippen molar-refractivity contribution >= 4 is 21.6 Å². The molecule has 0 saturated carbocycles. The molecule has 0 heterocycles. The predicted octanol–water partition coefficient (Wildman–Crippen LogP) is 1.46. The van der Waals surface area contributed by atoms with Crippen LogP contribution in [0.4, 0.5) is 11.4 Å². The molecule has 0 spiro atoms. The highest BCUT2D eigenvalue weighted by Gasteiger charge is 2.07. The Morgan fingerprint density at radius 1 is 0.632 bits per heavy atom. The first-order valence-electron chi connectivity index (χ1n) is 5.56. The molecular formula is C12H14N4O2S. The van der Waals surface area contributed by atoms with Crippen LogP contribution in [-0.2, 0) is 10.2 Å². The van der Waals surface area contributed by atoms with Gasteiger partial charge in [0.25, 0.3) is 0 Å². The maximum Gasteiger partial charge on any atom is 0.310 e. The molecule has 0 aliphatic carbocycles. The van der Waals surface area contributed by atoms with Crippen LogP contribution in [0.25, 0.3) is 0 Å². The van der Waals surface area contributed by atoms with E-state index in [0.29, 0.717) is 11.4 Å². The van der Waals surface area contributed by atoms with Gasteiger partial charge in [-0.2, -0.15) is 8.42 Å². The molecule has 19 heavy (non-hydrogen) atoms. The summed E-state index contributed by atoms with van der Waals surface area (Å²) in [7, 11) is -3.70. The zero-order valence-electron chi connectivity index (χ0n) is 10.00. The molecule has 2 aromatic carbocycles. The Bertz CT molecular complexity index is 553. The minimum absolute atomic E-state index is 0.646. The van der Waals surface area contributed by atoms with Crippen LogP contribution >= 0.6 is 0 Å². The maximum absolute atomic E-state index is 11.6. The van der Waals surface area contributed by atoms with Crippen molar-refractivity contribution in [2.24, 2.45) is 0 Å². The van der Waals surface area contributed by atoms with E-state index in [4.69, 9.17) is 0 Å². The third kappa shape index (κ3) is 4.59. The highest BCUT2D eigenvalue weighted by molar-refractivity contribution is 7.87. The lowest BCUT2D eigenvalue weighted by Gasteiger charge is -2.11. The highest BCUT2D eigenvalue weighted by Crippen LogP contribution is 2.04. The Labute approximate surface area is 112 Å². The van der Waals surface area contributed by atoms with E-state index in [0.717, 1.165) is 0 Å². The van der Waals surface area contributed by atoms with Gasteiger partial charge in [-0.15, -0.1) is 9.66 Å². The van der Waals surface area contributed by atoms with Crippen LogP contribution < -0.4 is 20.5 Å². The van der Waals surface area contributed by atoms with Gasteiger partial charge in [-0.1, -0.05) is 36.4 Å². The number of rotatable bonds is 6. The summed E-state index contributed by atoms with van der Waals surface area (Å²) < 4.78 is 23.3. The Kier molecular flexibility index (Phi) is 4.35. The molecule has 7 heteroatoms. The molecule has 0 aliphatic heterocycles. The molecule has 0 radical (unpaired) electrons. The van der Waals surface area contributed by atoms with Crippen LogP contribution in [0.3, 0.4) is 0 Å². The minimum Gasteiger partial charge on any atom is -0.307 e. The first-order valence-corrected chi connectivity index (χ1v) is 7.05. The number of hydrazine groups is 2. The van der Waals surface area contributed by atoms with Crippen molar-refractivity contribution < 1.29 is 8.42 Å². The number of nitrogens with one attached hydrogen (secondary N) is 4. The van der Waals surface area contributed by atoms with Gasteiger partial charge in [-0.05, 0) is 24.3 Å². The monoisotopic (exact) mass is 278 g/mol. The summed E-state index contributed by atoms with van der Waals surface area (Å²) in [5, 5.41) is 0. The second-order valence-electron chi connectivity index (χ2n) is 3.69. The fourth-order valence-electron chi connectivity index (χ4n) is 1.32. The Hall–Kier alpha value is -2.09. The fraction of sp³-hybridized carbons (Fsp3) is 0. The van der Waals surface area contributed by atoms with Crippen LogP contribution in [0.5, 0.6) is 0 Å². The molecule has 0 fully saturated rings. The molecule has 0 aliphatic rings. The molecule has 2 aromatic rings. The SMILES string of the molecule is O=S(=O)(NNc1ccccc1)NNc1ccccc1. The summed E-state index contributed by atoms with van der Waals surface area (Å²) in [4.78, 5) is 4.39. The lowest BCUT2D eigenvalue weighted by molar-refractivity contribution is 0.579. The van der Waals surface area contributed by atoms with E-state index >= 15 is 0 Å². The average Bonchev–Trinajstić information content (AvgIpc) is 2.46. The normalized spacial score (nSPS) is 10.9. The van der Waals surface area contributed by atoms with E-state index in [1.165, 1.54) is 0 Å². The summed E-state index contributed by atoms with van der Waals surface area (Å²) in [5.41, 5.74) is 6.45. The minimum atomic E-state index is -3.70. The van der Waals surface area contributed by atoms with E-state index in [2.05, 4.69) is 20.5 Å². The number of anilines is 2. The van der Waals surface area contributed by atoms with Gasteiger partial charge in [0.05, 0.1) is 0 Å². The molecule has 100 valence electrons. The third-order valence-electron chi connectivity index (χ3n) is 2.21. The molecule has 4 N–H and O–H groups in total. The molecule has 0 saturated heterocycles. The van der Waals surface area contributed by atoms with Gasteiger partial charge >= 0.3 is 10.2 Å². The molecule has 0 unspecified atom stereocenters. The second kappa shape index (κ2) is 6.19. The number of hydrogen-bond acceptors (Lipinski definition) is 4. The zero-order chi connectivity index (χ0) is 13.6. The van der Waals surface area contributed by atoms with Gasteiger partial charge < -0.3 is 10.9 Å². The molecular weight excluding hydrogens is 264 g/mol. The van der Waals surface area contributed by atoms with Crippen molar-refractivity contribution in [1.82, 2.24) is 9.66 Å². The van der Waals surface area contributed by atoms with E-state index in [9.17, 15) is 8.42 Å². The number of hydrogen-bond donors (Lipinski definition) is 4. The van der Waals surface area contributed by atoms with E-state index in [-0.39, 0.29) is 0 Å². The predicted molar refractivity (Wildman–Crippen MR) is 75.3 cm³/mol. The van der Waals surface area contributed by atoms with Crippen LogP contribution in [0.2, 0.25) is 0 Å². The standard InChI is InChI=1S/C12H14N4O2S/c17-19(18,15-13-11-7-3-1-4-8-11)16-14-12-9-5-2-6-10-12/h1-10,13-16H. The van der Waals surface area contributed by atoms with Crippen molar-refractivity contribution in [3.63, 3.8) is 0 Å². The van der Waals surface area contributed by atoms with E-state index < -0.39 is 10.2 Å². The molecule has 0 amide bonds. The summed E-state index contributed by atoms with van der Waals surface area (Å²) in [6.45, 7) is 0. The quantitative estimate of drug-likeness (QED) is 0.603. The van der Waals surface area contributed by atoms with Crippen LogP contribution in [0.15, 0.2) is 60.7 Å². The van der Waals surface area contributed by atoms with Crippen LogP contribution in [0.1, 0.15) is 0 Å². The fourth-order valence-corrected chi connectivity index (χ4v) is 1.88. The third-order valence-corrected chi connectivity index (χ3v) is 2.95. The molecule has 0 aromatic heterocycles. The van der Waals surface area contributed by atoms with Crippen molar-refractivity contribution in [3.05, 3.63) is 60.7 Å². The maximum atomic E-state index is 11.6. The smallest absolute Gasteiger partial charge is 0.307 e. The molecule has 6 nitrogen and oxygen atoms in total. The summed E-state index contributed by atoms with van der Waals surface area (Å²) in [5.74, 6) is 0. The van der Waals surface area contributed by atoms with Gasteiger partial charge in [0.2, 0.25) is 0 Å². The Morgan fingerprint density at radius 3 is 1.37 bits per heavy atom. The van der Waals surface area contributed by atoms with Gasteiger partial charge in [-0.25, -0.2) is 0 Å². The van der Waals surface area contributed by atoms with Crippen LogP contribution in [-0.4, -0.2) is 8.42 Å². The highest BCUT2D eigenvalue weighted by atomic mass is 32.2. The number of para-hydroxylation sites is 2. The van der Waals surface area contributed by atoms with Gasteiger partial charge in [-0.3, -0.25) is 0 Å². The van der Waals surface area contributed by atoms with E-state index in [1.807, 2.05) is 12.1 Å². The van der Waals surface area contributed by atoms with Gasteiger partial charge in [0.1, 0.15) is 0 Å². The summed E-state index contributed by atoms with van der Waals surface area (Å²) in [6, 6.07) is 17.8. The van der Waals surface area contributed by atoms with Crippen molar-refractivity contribution in [3.8, 4) is 0 Å². The van der Waals surface area contributed by atoms with Crippen LogP contribution in [0, 0.1) is 0 Å². The van der Waals surface area contributed by atoms with Crippen molar-refractivity contribution in [1.29, 1.82) is 0 Å². The van der Waals surface area contributed by atoms with Crippen molar-refractivity contribution in [2.75, 3.05) is 10.9 Å². The molecule has 2 rings (SSSR count). The van der Waals surface area contributed by atoms with Gasteiger partial charge in [0, 0.05) is 11.4 Å².